The van der Waals surface area contributed by atoms with Gasteiger partial charge in [-0.05, 0) is 76.5 Å². The van der Waals surface area contributed by atoms with Gasteiger partial charge < -0.3 is 14.6 Å². The molecule has 3 saturated carbocycles. The Kier molecular flexibility index (Phi) is 5.24. The number of allylic oxidation sites excluding steroid dienone is 1. The summed E-state index contributed by atoms with van der Waals surface area (Å²) in [6.07, 6.45) is 10.7. The summed E-state index contributed by atoms with van der Waals surface area (Å²) in [6.45, 7) is 10.1. The van der Waals surface area contributed by atoms with Crippen LogP contribution in [0.15, 0.2) is 23.8 Å². The molecule has 0 radical (unpaired) electrons. The summed E-state index contributed by atoms with van der Waals surface area (Å²) in [5, 5.41) is 10.9. The highest BCUT2D eigenvalue weighted by Gasteiger charge is 2.70. The van der Waals surface area contributed by atoms with Crippen molar-refractivity contribution in [1.82, 2.24) is 0 Å². The van der Waals surface area contributed by atoms with Gasteiger partial charge in [-0.1, -0.05) is 32.1 Å². The summed E-state index contributed by atoms with van der Waals surface area (Å²) in [7, 11) is 1.42. The van der Waals surface area contributed by atoms with Gasteiger partial charge in [-0.25, -0.2) is 4.79 Å². The van der Waals surface area contributed by atoms with Crippen molar-refractivity contribution < 1.29 is 24.2 Å². The van der Waals surface area contributed by atoms with Crippen molar-refractivity contribution in [1.29, 1.82) is 0 Å². The minimum atomic E-state index is -0.903. The van der Waals surface area contributed by atoms with Gasteiger partial charge in [0.2, 0.25) is 0 Å². The number of rotatable bonds is 3. The number of aliphatic hydroxyl groups is 1. The van der Waals surface area contributed by atoms with Crippen LogP contribution in [0.5, 0.6) is 0 Å². The molecular weight excluding hydrogens is 392 g/mol. The molecule has 0 aromatic carbocycles. The molecule has 0 saturated heterocycles. The van der Waals surface area contributed by atoms with E-state index in [2.05, 4.69) is 26.0 Å². The summed E-state index contributed by atoms with van der Waals surface area (Å²) in [4.78, 5) is 25.7. The van der Waals surface area contributed by atoms with Gasteiger partial charge in [-0.3, -0.25) is 4.79 Å². The zero-order valence-electron chi connectivity index (χ0n) is 19.9. The van der Waals surface area contributed by atoms with E-state index in [0.717, 1.165) is 32.1 Å². The minimum absolute atomic E-state index is 0.0406. The Morgan fingerprint density at radius 1 is 1.03 bits per heavy atom. The van der Waals surface area contributed by atoms with Crippen LogP contribution in [0.3, 0.4) is 0 Å². The highest BCUT2D eigenvalue weighted by atomic mass is 16.5. The monoisotopic (exact) mass is 430 g/mol. The van der Waals surface area contributed by atoms with E-state index in [1.807, 2.05) is 13.8 Å². The fourth-order valence-electron chi connectivity index (χ4n) is 8.04. The third-order valence-electron chi connectivity index (χ3n) is 9.92. The van der Waals surface area contributed by atoms with Crippen molar-refractivity contribution in [2.75, 3.05) is 7.11 Å². The zero-order chi connectivity index (χ0) is 22.8. The van der Waals surface area contributed by atoms with Gasteiger partial charge in [0.25, 0.3) is 0 Å². The van der Waals surface area contributed by atoms with E-state index < -0.39 is 11.5 Å². The molecule has 3 fully saturated rings. The summed E-state index contributed by atoms with van der Waals surface area (Å²) in [6, 6.07) is 0. The number of hydrogen-bond donors (Lipinski definition) is 1. The van der Waals surface area contributed by atoms with E-state index in [1.165, 1.54) is 7.11 Å². The number of carbonyl (C=O) groups is 2. The van der Waals surface area contributed by atoms with Crippen LogP contribution in [0.1, 0.15) is 73.1 Å². The number of esters is 2. The first-order valence-corrected chi connectivity index (χ1v) is 11.8. The van der Waals surface area contributed by atoms with E-state index in [-0.39, 0.29) is 40.2 Å². The molecule has 4 aliphatic rings. The Hall–Kier alpha value is -1.62. The fraction of sp³-hybridized carbons (Fsp3) is 0.769. The van der Waals surface area contributed by atoms with Crippen molar-refractivity contribution in [3.63, 3.8) is 0 Å². The summed E-state index contributed by atoms with van der Waals surface area (Å²) < 4.78 is 11.4. The molecule has 0 heterocycles. The zero-order valence-corrected chi connectivity index (χ0v) is 19.9. The predicted octanol–water partition coefficient (Wildman–Crippen LogP) is 4.59. The molecule has 8 atom stereocenters. The molecule has 4 rings (SSSR count). The lowest BCUT2D eigenvalue weighted by Crippen LogP contribution is -2.65. The highest BCUT2D eigenvalue weighted by Crippen LogP contribution is 2.72. The summed E-state index contributed by atoms with van der Waals surface area (Å²) >= 11 is 0. The Balaban J connectivity index is 1.75. The van der Waals surface area contributed by atoms with Crippen molar-refractivity contribution in [3.05, 3.63) is 23.8 Å². The summed E-state index contributed by atoms with van der Waals surface area (Å²) in [5.74, 6) is -0.195. The van der Waals surface area contributed by atoms with Gasteiger partial charge in [0.15, 0.2) is 0 Å². The molecule has 0 aromatic heterocycles. The fourth-order valence-corrected chi connectivity index (χ4v) is 8.04. The van der Waals surface area contributed by atoms with Gasteiger partial charge >= 0.3 is 11.9 Å². The lowest BCUT2D eigenvalue weighted by atomic mass is 9.39. The number of hydrogen-bond acceptors (Lipinski definition) is 5. The molecule has 0 unspecified atom stereocenters. The number of fused-ring (bicyclic) bond motifs is 3. The van der Waals surface area contributed by atoms with Crippen LogP contribution in [0.25, 0.3) is 0 Å². The van der Waals surface area contributed by atoms with Crippen LogP contribution >= 0.6 is 0 Å². The molecule has 5 heteroatoms. The maximum Gasteiger partial charge on any atom is 0.333 e. The van der Waals surface area contributed by atoms with Crippen molar-refractivity contribution in [2.24, 2.45) is 33.5 Å². The molecule has 31 heavy (non-hydrogen) atoms. The molecule has 0 amide bonds. The van der Waals surface area contributed by atoms with E-state index in [4.69, 9.17) is 9.47 Å². The van der Waals surface area contributed by atoms with Gasteiger partial charge in [0.05, 0.1) is 18.6 Å². The second kappa shape index (κ2) is 7.19. The second-order valence-corrected chi connectivity index (χ2v) is 11.2. The van der Waals surface area contributed by atoms with Crippen molar-refractivity contribution in [2.45, 2.75) is 85.4 Å². The number of ether oxygens (including phenoxy) is 2. The Morgan fingerprint density at radius 3 is 2.35 bits per heavy atom. The number of carbonyl (C=O) groups excluding carboxylic acids is 2. The Bertz CT molecular complexity index is 845. The van der Waals surface area contributed by atoms with Gasteiger partial charge in [0, 0.05) is 16.4 Å². The summed E-state index contributed by atoms with van der Waals surface area (Å²) in [5.41, 5.74) is -0.748. The van der Waals surface area contributed by atoms with Crippen LogP contribution in [-0.4, -0.2) is 36.4 Å². The number of aliphatic hydroxyl groups excluding tert-OH is 1. The van der Waals surface area contributed by atoms with Crippen LogP contribution in [0.2, 0.25) is 0 Å². The quantitative estimate of drug-likeness (QED) is 0.403. The van der Waals surface area contributed by atoms with Crippen LogP contribution < -0.4 is 0 Å². The molecule has 172 valence electrons. The SMILES string of the molecule is C/C=C(\C)C(=O)O[C@@H]1[C@]23C=C[C@@]1(C)CC[C@@H]2[C@]1(C)CC[C@@H](O)[C@@](C)(C(=O)OC)[C@H]1CC3. The standard InChI is InChI=1S/C26H38O5/c1-7-16(2)20(28)31-21-23(3)11-8-18-24(4)12-10-19(27)25(5,22(29)30-6)17(24)9-13-26(18,21)15-14-23/h7,14-15,17-19,21,27H,8-13H2,1-6H3/b16-7+/t17-,18+,19+,21-,23+,24+,25-,26+/m0/s1. The topological polar surface area (TPSA) is 72.8 Å². The average molecular weight is 431 g/mol. The van der Waals surface area contributed by atoms with Crippen molar-refractivity contribution in [3.8, 4) is 0 Å². The smallest absolute Gasteiger partial charge is 0.333 e. The van der Waals surface area contributed by atoms with Gasteiger partial charge in [-0.2, -0.15) is 0 Å². The lowest BCUT2D eigenvalue weighted by molar-refractivity contribution is -0.224. The van der Waals surface area contributed by atoms with E-state index in [1.54, 1.807) is 13.0 Å². The Labute approximate surface area is 186 Å². The largest absolute Gasteiger partial charge is 0.469 e. The predicted molar refractivity (Wildman–Crippen MR) is 118 cm³/mol. The molecule has 5 nitrogen and oxygen atoms in total. The average Bonchev–Trinajstić information content (AvgIpc) is 2.91. The van der Waals surface area contributed by atoms with Gasteiger partial charge in [-0.15, -0.1) is 0 Å². The molecule has 4 aliphatic carbocycles. The molecule has 1 spiro atoms. The van der Waals surface area contributed by atoms with Crippen LogP contribution in [0, 0.1) is 33.5 Å². The number of methoxy groups -OCH3 is 1. The molecule has 0 aromatic rings. The second-order valence-electron chi connectivity index (χ2n) is 11.2. The maximum atomic E-state index is 12.9. The molecular formula is C26H38O5. The molecule has 2 bridgehead atoms. The Morgan fingerprint density at radius 2 is 1.71 bits per heavy atom. The van der Waals surface area contributed by atoms with Crippen LogP contribution in [0.4, 0.5) is 0 Å². The highest BCUT2D eigenvalue weighted by molar-refractivity contribution is 5.88. The minimum Gasteiger partial charge on any atom is -0.469 e. The first-order chi connectivity index (χ1) is 14.5. The first-order valence-electron chi connectivity index (χ1n) is 11.8. The van der Waals surface area contributed by atoms with Gasteiger partial charge in [0.1, 0.15) is 6.10 Å². The normalized spacial score (nSPS) is 48.5. The van der Waals surface area contributed by atoms with Crippen molar-refractivity contribution >= 4 is 11.9 Å². The maximum absolute atomic E-state index is 12.9. The van der Waals surface area contributed by atoms with Crippen LogP contribution in [-0.2, 0) is 19.1 Å². The molecule has 0 aliphatic heterocycles. The first kappa shape index (κ1) is 22.6. The third kappa shape index (κ3) is 2.84. The molecule has 1 N–H and O–H groups in total. The van der Waals surface area contributed by atoms with E-state index >= 15 is 0 Å². The lowest BCUT2D eigenvalue weighted by Gasteiger charge is -2.66. The third-order valence-corrected chi connectivity index (χ3v) is 9.92. The van der Waals surface area contributed by atoms with E-state index in [0.29, 0.717) is 17.9 Å². The van der Waals surface area contributed by atoms with E-state index in [9.17, 15) is 14.7 Å².